The van der Waals surface area contributed by atoms with Gasteiger partial charge in [0.05, 0.1) is 25.4 Å². The minimum absolute atomic E-state index is 0.0458. The first-order chi connectivity index (χ1) is 14.7. The van der Waals surface area contributed by atoms with E-state index < -0.39 is 30.1 Å². The van der Waals surface area contributed by atoms with Crippen LogP contribution in [0.15, 0.2) is 36.4 Å². The van der Waals surface area contributed by atoms with Gasteiger partial charge in [0, 0.05) is 18.9 Å². The van der Waals surface area contributed by atoms with Crippen molar-refractivity contribution in [3.8, 4) is 5.75 Å². The Bertz CT molecular complexity index is 967. The summed E-state index contributed by atoms with van der Waals surface area (Å²) in [6, 6.07) is 8.57. The standard InChI is InChI=1S/C23H27F2N3O3/c1-13(2)18-8-9-19(26-22(18)25)21(15-6-5-7-17(10-15)31-4)27-23(30)20-11-16(24)12-28(20)14(3)29/h5-10,13,16,20-21H,11-12H2,1-4H3,(H,27,30). The normalized spacial score (nSPS) is 19.4. The van der Waals surface area contributed by atoms with E-state index in [1.807, 2.05) is 13.8 Å². The van der Waals surface area contributed by atoms with E-state index in [4.69, 9.17) is 4.74 Å². The number of nitrogens with zero attached hydrogens (tertiary/aromatic N) is 2. The van der Waals surface area contributed by atoms with Gasteiger partial charge in [-0.15, -0.1) is 0 Å². The van der Waals surface area contributed by atoms with E-state index in [-0.39, 0.29) is 24.8 Å². The number of ether oxygens (including phenoxy) is 1. The molecule has 1 fully saturated rings. The smallest absolute Gasteiger partial charge is 0.243 e. The molecule has 1 aliphatic rings. The zero-order chi connectivity index (χ0) is 22.7. The van der Waals surface area contributed by atoms with Crippen LogP contribution in [0.3, 0.4) is 0 Å². The molecule has 0 radical (unpaired) electrons. The van der Waals surface area contributed by atoms with Crippen LogP contribution in [0.25, 0.3) is 0 Å². The van der Waals surface area contributed by atoms with Crippen LogP contribution < -0.4 is 10.1 Å². The summed E-state index contributed by atoms with van der Waals surface area (Å²) >= 11 is 0. The van der Waals surface area contributed by atoms with E-state index in [1.54, 1.807) is 36.4 Å². The van der Waals surface area contributed by atoms with Crippen LogP contribution in [0.4, 0.5) is 8.78 Å². The summed E-state index contributed by atoms with van der Waals surface area (Å²) in [7, 11) is 1.52. The van der Waals surface area contributed by atoms with Gasteiger partial charge >= 0.3 is 0 Å². The Kier molecular flexibility index (Phi) is 6.87. The lowest BCUT2D eigenvalue weighted by atomic mass is 9.99. The number of hydrogen-bond donors (Lipinski definition) is 1. The highest BCUT2D eigenvalue weighted by Crippen LogP contribution is 2.28. The first-order valence-electron chi connectivity index (χ1n) is 10.2. The third-order valence-corrected chi connectivity index (χ3v) is 5.49. The molecule has 0 saturated carbocycles. The molecule has 3 atom stereocenters. The number of hydrogen-bond acceptors (Lipinski definition) is 4. The number of aromatic nitrogens is 1. The van der Waals surface area contributed by atoms with Crippen LogP contribution in [-0.2, 0) is 9.59 Å². The Morgan fingerprint density at radius 1 is 1.26 bits per heavy atom. The molecule has 2 amide bonds. The van der Waals surface area contributed by atoms with Crippen molar-refractivity contribution in [2.75, 3.05) is 13.7 Å². The fraction of sp³-hybridized carbons (Fsp3) is 0.435. The predicted molar refractivity (Wildman–Crippen MR) is 112 cm³/mol. The maximum absolute atomic E-state index is 14.6. The highest BCUT2D eigenvalue weighted by molar-refractivity contribution is 5.88. The Morgan fingerprint density at radius 2 is 2.00 bits per heavy atom. The lowest BCUT2D eigenvalue weighted by Crippen LogP contribution is -2.46. The van der Waals surface area contributed by atoms with E-state index in [1.165, 1.54) is 18.9 Å². The van der Waals surface area contributed by atoms with E-state index in [9.17, 15) is 18.4 Å². The van der Waals surface area contributed by atoms with Crippen LogP contribution >= 0.6 is 0 Å². The average molecular weight is 431 g/mol. The number of amides is 2. The van der Waals surface area contributed by atoms with Gasteiger partial charge in [0.2, 0.25) is 17.8 Å². The second kappa shape index (κ2) is 9.41. The Balaban J connectivity index is 1.97. The number of pyridine rings is 1. The molecule has 8 heteroatoms. The molecule has 3 rings (SSSR count). The molecule has 1 aromatic heterocycles. The zero-order valence-electron chi connectivity index (χ0n) is 18.1. The molecule has 1 saturated heterocycles. The molecular weight excluding hydrogens is 404 g/mol. The molecule has 0 spiro atoms. The highest BCUT2D eigenvalue weighted by atomic mass is 19.1. The third kappa shape index (κ3) is 5.00. The summed E-state index contributed by atoms with van der Waals surface area (Å²) < 4.78 is 33.8. The largest absolute Gasteiger partial charge is 0.497 e. The van der Waals surface area contributed by atoms with Crippen molar-refractivity contribution in [1.82, 2.24) is 15.2 Å². The number of likely N-dealkylation sites (tertiary alicyclic amines) is 1. The molecular formula is C23H27F2N3O3. The van der Waals surface area contributed by atoms with Gasteiger partial charge in [0.1, 0.15) is 18.0 Å². The van der Waals surface area contributed by atoms with Gasteiger partial charge in [-0.3, -0.25) is 9.59 Å². The summed E-state index contributed by atoms with van der Waals surface area (Å²) in [4.78, 5) is 30.2. The molecule has 1 aromatic carbocycles. The summed E-state index contributed by atoms with van der Waals surface area (Å²) in [5.41, 5.74) is 1.40. The first-order valence-corrected chi connectivity index (χ1v) is 10.2. The number of benzene rings is 1. The van der Waals surface area contributed by atoms with E-state index in [0.29, 0.717) is 22.6 Å². The van der Waals surface area contributed by atoms with E-state index in [0.717, 1.165) is 0 Å². The second-order valence-corrected chi connectivity index (χ2v) is 8.01. The number of methoxy groups -OCH3 is 1. The number of alkyl halides is 1. The molecule has 6 nitrogen and oxygen atoms in total. The SMILES string of the molecule is COc1cccc(C(NC(=O)C2CC(F)CN2C(C)=O)c2ccc(C(C)C)c(F)n2)c1. The van der Waals surface area contributed by atoms with Gasteiger partial charge in [0.15, 0.2) is 0 Å². The Labute approximate surface area is 180 Å². The number of nitrogens with one attached hydrogen (secondary N) is 1. The number of carbonyl (C=O) groups excluding carboxylic acids is 2. The summed E-state index contributed by atoms with van der Waals surface area (Å²) in [6.45, 7) is 4.92. The van der Waals surface area contributed by atoms with Crippen molar-refractivity contribution in [1.29, 1.82) is 0 Å². The number of rotatable bonds is 6. The van der Waals surface area contributed by atoms with Crippen LogP contribution in [0.5, 0.6) is 5.75 Å². The maximum atomic E-state index is 14.6. The minimum Gasteiger partial charge on any atom is -0.497 e. The highest BCUT2D eigenvalue weighted by Gasteiger charge is 2.39. The zero-order valence-corrected chi connectivity index (χ0v) is 18.1. The summed E-state index contributed by atoms with van der Waals surface area (Å²) in [5, 5.41) is 2.84. The lowest BCUT2D eigenvalue weighted by molar-refractivity contribution is -0.137. The summed E-state index contributed by atoms with van der Waals surface area (Å²) in [5.74, 6) is -0.978. The molecule has 31 heavy (non-hydrogen) atoms. The summed E-state index contributed by atoms with van der Waals surface area (Å²) in [6.07, 6.45) is -1.35. The number of carbonyl (C=O) groups is 2. The predicted octanol–water partition coefficient (Wildman–Crippen LogP) is 3.52. The van der Waals surface area contributed by atoms with E-state index in [2.05, 4.69) is 10.3 Å². The van der Waals surface area contributed by atoms with Gasteiger partial charge in [-0.1, -0.05) is 32.0 Å². The molecule has 3 unspecified atom stereocenters. The monoisotopic (exact) mass is 431 g/mol. The minimum atomic E-state index is -1.27. The van der Waals surface area contributed by atoms with Crippen molar-refractivity contribution in [3.63, 3.8) is 0 Å². The van der Waals surface area contributed by atoms with Gasteiger partial charge < -0.3 is 15.0 Å². The molecule has 0 aliphatic carbocycles. The van der Waals surface area contributed by atoms with Crippen LogP contribution in [0, 0.1) is 5.95 Å². The van der Waals surface area contributed by atoms with Crippen molar-refractivity contribution in [3.05, 3.63) is 59.2 Å². The maximum Gasteiger partial charge on any atom is 0.243 e. The second-order valence-electron chi connectivity index (χ2n) is 8.01. The molecule has 2 aromatic rings. The van der Waals surface area contributed by atoms with Gasteiger partial charge in [-0.2, -0.15) is 4.39 Å². The van der Waals surface area contributed by atoms with Gasteiger partial charge in [-0.05, 0) is 29.7 Å². The Hall–Kier alpha value is -3.03. The van der Waals surface area contributed by atoms with E-state index >= 15 is 0 Å². The van der Waals surface area contributed by atoms with Crippen LogP contribution in [0.1, 0.15) is 56.0 Å². The van der Waals surface area contributed by atoms with Crippen LogP contribution in [-0.4, -0.2) is 47.6 Å². The lowest BCUT2D eigenvalue weighted by Gasteiger charge is -2.26. The fourth-order valence-corrected chi connectivity index (χ4v) is 3.82. The van der Waals surface area contributed by atoms with Crippen molar-refractivity contribution in [2.24, 2.45) is 0 Å². The van der Waals surface area contributed by atoms with Crippen LogP contribution in [0.2, 0.25) is 0 Å². The third-order valence-electron chi connectivity index (χ3n) is 5.49. The molecule has 166 valence electrons. The van der Waals surface area contributed by atoms with Crippen molar-refractivity contribution >= 4 is 11.8 Å². The molecule has 1 N–H and O–H groups in total. The average Bonchev–Trinajstić information content (AvgIpc) is 3.13. The van der Waals surface area contributed by atoms with Crippen molar-refractivity contribution < 1.29 is 23.1 Å². The number of halogens is 2. The topological polar surface area (TPSA) is 71.5 Å². The quantitative estimate of drug-likeness (QED) is 0.711. The van der Waals surface area contributed by atoms with Gasteiger partial charge in [0.25, 0.3) is 0 Å². The molecule has 2 heterocycles. The fourth-order valence-electron chi connectivity index (χ4n) is 3.82. The van der Waals surface area contributed by atoms with Gasteiger partial charge in [-0.25, -0.2) is 9.37 Å². The first kappa shape index (κ1) is 22.7. The molecule has 1 aliphatic heterocycles. The molecule has 0 bridgehead atoms. The van der Waals surface area contributed by atoms with Crippen molar-refractivity contribution in [2.45, 2.75) is 51.4 Å². The Morgan fingerprint density at radius 3 is 2.61 bits per heavy atom.